The van der Waals surface area contributed by atoms with E-state index in [2.05, 4.69) is 20.5 Å². The van der Waals surface area contributed by atoms with E-state index in [1.807, 2.05) is 6.07 Å². The second-order valence-corrected chi connectivity index (χ2v) is 6.97. The topological polar surface area (TPSA) is 110 Å². The second kappa shape index (κ2) is 8.21. The Morgan fingerprint density at radius 3 is 2.64 bits per heavy atom. The Kier molecular flexibility index (Phi) is 5.33. The van der Waals surface area contributed by atoms with E-state index in [0.29, 0.717) is 37.1 Å². The molecule has 0 radical (unpaired) electrons. The van der Waals surface area contributed by atoms with E-state index < -0.39 is 0 Å². The van der Waals surface area contributed by atoms with Crippen LogP contribution in [-0.2, 0) is 4.79 Å². The molecule has 10 nitrogen and oxygen atoms in total. The first-order valence-corrected chi connectivity index (χ1v) is 9.63. The lowest BCUT2D eigenvalue weighted by Crippen LogP contribution is -2.51. The summed E-state index contributed by atoms with van der Waals surface area (Å²) in [6.07, 6.45) is 4.79. The third-order valence-electron chi connectivity index (χ3n) is 4.31. The minimum absolute atomic E-state index is 0.0177. The molecule has 0 spiro atoms. The molecule has 0 saturated carbocycles. The zero-order chi connectivity index (χ0) is 19.3. The van der Waals surface area contributed by atoms with Gasteiger partial charge in [0.2, 0.25) is 11.1 Å². The Bertz CT molecular complexity index is 937. The highest BCUT2D eigenvalue weighted by molar-refractivity contribution is 7.99. The van der Waals surface area contributed by atoms with Gasteiger partial charge in [0.1, 0.15) is 0 Å². The summed E-state index contributed by atoms with van der Waals surface area (Å²) in [5.41, 5.74) is 0.729. The average Bonchev–Trinajstić information content (AvgIpc) is 3.44. The van der Waals surface area contributed by atoms with Gasteiger partial charge in [-0.25, -0.2) is 0 Å². The van der Waals surface area contributed by atoms with Gasteiger partial charge >= 0.3 is 0 Å². The van der Waals surface area contributed by atoms with Crippen molar-refractivity contribution in [2.24, 2.45) is 0 Å². The molecule has 28 heavy (non-hydrogen) atoms. The predicted octanol–water partition coefficient (Wildman–Crippen LogP) is 0.727. The monoisotopic (exact) mass is 399 g/mol. The molecule has 3 aromatic rings. The Morgan fingerprint density at radius 2 is 1.93 bits per heavy atom. The molecule has 0 bridgehead atoms. The molecule has 1 aliphatic heterocycles. The summed E-state index contributed by atoms with van der Waals surface area (Å²) < 4.78 is 6.70. The fraction of sp³-hybridized carbons (Fsp3) is 0.294. The molecule has 0 aromatic carbocycles. The van der Waals surface area contributed by atoms with Crippen LogP contribution in [0.25, 0.3) is 5.69 Å². The van der Waals surface area contributed by atoms with Crippen LogP contribution < -0.4 is 0 Å². The zero-order valence-corrected chi connectivity index (χ0v) is 15.7. The number of pyridine rings is 1. The number of rotatable bonds is 5. The fourth-order valence-corrected chi connectivity index (χ4v) is 3.64. The van der Waals surface area contributed by atoms with Crippen LogP contribution in [0.4, 0.5) is 0 Å². The number of carbonyl (C=O) groups is 2. The summed E-state index contributed by atoms with van der Waals surface area (Å²) in [4.78, 5) is 32.3. The summed E-state index contributed by atoms with van der Waals surface area (Å²) in [5, 5.41) is 12.1. The lowest BCUT2D eigenvalue weighted by Gasteiger charge is -2.34. The molecule has 11 heteroatoms. The summed E-state index contributed by atoms with van der Waals surface area (Å²) in [7, 11) is 0. The smallest absolute Gasteiger partial charge is 0.289 e. The molecule has 0 atom stereocenters. The third-order valence-corrected chi connectivity index (χ3v) is 5.21. The fourth-order valence-electron chi connectivity index (χ4n) is 2.84. The number of furan rings is 1. The largest absolute Gasteiger partial charge is 0.459 e. The molecule has 0 N–H and O–H groups in total. The van der Waals surface area contributed by atoms with Crippen molar-refractivity contribution in [2.45, 2.75) is 5.16 Å². The summed E-state index contributed by atoms with van der Waals surface area (Å²) in [5.74, 6) is 0.364. The molecule has 0 unspecified atom stereocenters. The number of carbonyl (C=O) groups excluding carboxylic acids is 2. The maximum atomic E-state index is 12.5. The highest BCUT2D eigenvalue weighted by atomic mass is 32.2. The molecule has 1 saturated heterocycles. The Morgan fingerprint density at radius 1 is 1.11 bits per heavy atom. The van der Waals surface area contributed by atoms with Crippen LogP contribution in [0, 0.1) is 0 Å². The van der Waals surface area contributed by atoms with Crippen molar-refractivity contribution in [3.63, 3.8) is 0 Å². The van der Waals surface area contributed by atoms with Crippen LogP contribution >= 0.6 is 11.8 Å². The Hall–Kier alpha value is -3.21. The average molecular weight is 399 g/mol. The maximum absolute atomic E-state index is 12.5. The van der Waals surface area contributed by atoms with Gasteiger partial charge < -0.3 is 14.2 Å². The first-order chi connectivity index (χ1) is 13.7. The van der Waals surface area contributed by atoms with Gasteiger partial charge in [-0.1, -0.05) is 11.8 Å². The lowest BCUT2D eigenvalue weighted by atomic mass is 10.3. The molecule has 144 valence electrons. The highest BCUT2D eigenvalue weighted by Gasteiger charge is 2.26. The number of amides is 2. The van der Waals surface area contributed by atoms with Crippen molar-refractivity contribution in [1.29, 1.82) is 0 Å². The zero-order valence-electron chi connectivity index (χ0n) is 14.8. The summed E-state index contributed by atoms with van der Waals surface area (Å²) in [6, 6.07) is 6.96. The van der Waals surface area contributed by atoms with Gasteiger partial charge in [-0.05, 0) is 34.7 Å². The Labute approximate surface area is 164 Å². The number of thioether (sulfide) groups is 1. The lowest BCUT2D eigenvalue weighted by molar-refractivity contribution is -0.129. The van der Waals surface area contributed by atoms with Crippen molar-refractivity contribution in [2.75, 3.05) is 31.9 Å². The highest BCUT2D eigenvalue weighted by Crippen LogP contribution is 2.18. The van der Waals surface area contributed by atoms with E-state index in [1.165, 1.54) is 18.0 Å². The van der Waals surface area contributed by atoms with Gasteiger partial charge in [0.15, 0.2) is 5.76 Å². The van der Waals surface area contributed by atoms with E-state index in [4.69, 9.17) is 4.42 Å². The first-order valence-electron chi connectivity index (χ1n) is 8.64. The number of aromatic nitrogens is 5. The molecule has 2 amide bonds. The summed E-state index contributed by atoms with van der Waals surface area (Å²) in [6.45, 7) is 1.92. The number of tetrazole rings is 1. The van der Waals surface area contributed by atoms with Crippen molar-refractivity contribution < 1.29 is 14.0 Å². The molecule has 4 rings (SSSR count). The first kappa shape index (κ1) is 18.2. The van der Waals surface area contributed by atoms with Gasteiger partial charge in [0.25, 0.3) is 5.91 Å². The van der Waals surface area contributed by atoms with Crippen molar-refractivity contribution in [1.82, 2.24) is 35.0 Å². The minimum Gasteiger partial charge on any atom is -0.459 e. The van der Waals surface area contributed by atoms with Crippen molar-refractivity contribution >= 4 is 23.6 Å². The predicted molar refractivity (Wildman–Crippen MR) is 98.9 cm³/mol. The van der Waals surface area contributed by atoms with E-state index >= 15 is 0 Å². The van der Waals surface area contributed by atoms with Crippen LogP contribution in [0.2, 0.25) is 0 Å². The maximum Gasteiger partial charge on any atom is 0.289 e. The number of nitrogens with zero attached hydrogens (tertiary/aromatic N) is 7. The SMILES string of the molecule is O=C(CSc1nnnn1-c1cccnc1)N1CCN(C(=O)c2ccco2)CC1. The molecule has 4 heterocycles. The van der Waals surface area contributed by atoms with E-state index in [1.54, 1.807) is 45.1 Å². The van der Waals surface area contributed by atoms with Gasteiger partial charge in [0, 0.05) is 32.4 Å². The van der Waals surface area contributed by atoms with Crippen LogP contribution in [0.3, 0.4) is 0 Å². The normalized spacial score (nSPS) is 14.3. The van der Waals surface area contributed by atoms with Crippen LogP contribution in [-0.4, -0.2) is 78.7 Å². The molecule has 1 fully saturated rings. The summed E-state index contributed by atoms with van der Waals surface area (Å²) >= 11 is 1.27. The standard InChI is InChI=1S/C17H17N7O3S/c25-15(12-28-17-19-20-21-24(17)13-3-1-5-18-11-13)22-6-8-23(9-7-22)16(26)14-4-2-10-27-14/h1-5,10-11H,6-9,12H2. The second-order valence-electron chi connectivity index (χ2n) is 6.02. The minimum atomic E-state index is -0.151. The van der Waals surface area contributed by atoms with Gasteiger partial charge in [-0.15, -0.1) is 5.10 Å². The number of hydrogen-bond acceptors (Lipinski definition) is 8. The molecular formula is C17H17N7O3S. The van der Waals surface area contributed by atoms with E-state index in [9.17, 15) is 9.59 Å². The molecule has 1 aliphatic rings. The van der Waals surface area contributed by atoms with E-state index in [0.717, 1.165) is 5.69 Å². The molecule has 3 aromatic heterocycles. The van der Waals surface area contributed by atoms with Crippen LogP contribution in [0.1, 0.15) is 10.6 Å². The van der Waals surface area contributed by atoms with Crippen molar-refractivity contribution in [3.8, 4) is 5.69 Å². The van der Waals surface area contributed by atoms with Crippen LogP contribution in [0.5, 0.6) is 0 Å². The number of hydrogen-bond donors (Lipinski definition) is 0. The van der Waals surface area contributed by atoms with Crippen LogP contribution in [0.15, 0.2) is 52.5 Å². The number of piperazine rings is 1. The Balaban J connectivity index is 1.30. The third kappa shape index (κ3) is 3.88. The quantitative estimate of drug-likeness (QED) is 0.578. The van der Waals surface area contributed by atoms with Crippen molar-refractivity contribution in [3.05, 3.63) is 48.7 Å². The van der Waals surface area contributed by atoms with Gasteiger partial charge in [0.05, 0.1) is 23.9 Å². The van der Waals surface area contributed by atoms with E-state index in [-0.39, 0.29) is 17.6 Å². The molecular weight excluding hydrogens is 382 g/mol. The van der Waals surface area contributed by atoms with Gasteiger partial charge in [-0.2, -0.15) is 4.68 Å². The van der Waals surface area contributed by atoms with Gasteiger partial charge in [-0.3, -0.25) is 14.6 Å². The molecule has 0 aliphatic carbocycles.